The average Bonchev–Trinajstić information content (AvgIpc) is 3.47. The molecule has 0 unspecified atom stereocenters. The van der Waals surface area contributed by atoms with Crippen LogP contribution in [0.5, 0.6) is 0 Å². The molecule has 0 aliphatic heterocycles. The molecule has 0 aromatic heterocycles. The summed E-state index contributed by atoms with van der Waals surface area (Å²) in [6.45, 7) is 6.95. The van der Waals surface area contributed by atoms with Crippen molar-refractivity contribution in [1.82, 2.24) is 10.6 Å². The molecule has 143 valence electrons. The summed E-state index contributed by atoms with van der Waals surface area (Å²) in [5.74, 6) is 0. The van der Waals surface area contributed by atoms with Crippen molar-refractivity contribution in [1.29, 1.82) is 0 Å². The van der Waals surface area contributed by atoms with Gasteiger partial charge in [0.15, 0.2) is 0 Å². The number of rotatable bonds is 9. The topological polar surface area (TPSA) is 24.1 Å². The van der Waals surface area contributed by atoms with E-state index in [0.29, 0.717) is 5.59 Å². The summed E-state index contributed by atoms with van der Waals surface area (Å²) < 4.78 is 0. The van der Waals surface area contributed by atoms with Crippen molar-refractivity contribution in [2.75, 3.05) is 7.05 Å². The third-order valence-electron chi connectivity index (χ3n) is 4.92. The second-order valence-electron chi connectivity index (χ2n) is 7.05. The summed E-state index contributed by atoms with van der Waals surface area (Å²) >= 11 is 8.04. The fraction of sp³-hybridized carbons (Fsp3) is 0.261. The van der Waals surface area contributed by atoms with Crippen LogP contribution in [-0.4, -0.2) is 20.1 Å². The molecule has 0 saturated heterocycles. The Morgan fingerprint density at radius 2 is 2.04 bits per heavy atom. The molecule has 1 radical (unpaired) electrons. The van der Waals surface area contributed by atoms with Crippen molar-refractivity contribution < 1.29 is 0 Å². The predicted molar refractivity (Wildman–Crippen MR) is 126 cm³/mol. The van der Waals surface area contributed by atoms with E-state index in [2.05, 4.69) is 35.4 Å². The number of thioether (sulfide) groups is 1. The zero-order chi connectivity index (χ0) is 20.1. The van der Waals surface area contributed by atoms with Crippen LogP contribution >= 0.6 is 23.4 Å². The zero-order valence-corrected chi connectivity index (χ0v) is 18.0. The molecule has 2 aromatic rings. The molecular weight excluding hydrogens is 383 g/mol. The van der Waals surface area contributed by atoms with E-state index in [4.69, 9.17) is 19.1 Å². The Morgan fingerprint density at radius 1 is 1.29 bits per heavy atom. The van der Waals surface area contributed by atoms with Crippen molar-refractivity contribution in [2.24, 2.45) is 0 Å². The summed E-state index contributed by atoms with van der Waals surface area (Å²) in [7, 11) is 8.44. The molecule has 0 heterocycles. The van der Waals surface area contributed by atoms with E-state index in [-0.39, 0.29) is 5.54 Å². The number of hydrogen-bond donors (Lipinski definition) is 2. The van der Waals surface area contributed by atoms with Gasteiger partial charge in [-0.1, -0.05) is 0 Å². The average molecular weight is 408 g/mol. The number of halogens is 1. The first-order chi connectivity index (χ1) is 13.5. The third kappa shape index (κ3) is 4.80. The normalized spacial score (nSPS) is 14.8. The fourth-order valence-corrected chi connectivity index (χ4v) is 4.10. The summed E-state index contributed by atoms with van der Waals surface area (Å²) in [5, 5.41) is 9.54. The van der Waals surface area contributed by atoms with E-state index >= 15 is 0 Å². The summed E-state index contributed by atoms with van der Waals surface area (Å²) in [4.78, 5) is 0.981. The van der Waals surface area contributed by atoms with Crippen LogP contribution in [0.25, 0.3) is 4.91 Å². The van der Waals surface area contributed by atoms with E-state index < -0.39 is 0 Å². The van der Waals surface area contributed by atoms with Gasteiger partial charge < -0.3 is 0 Å². The van der Waals surface area contributed by atoms with Crippen LogP contribution in [-0.2, 0) is 12.1 Å². The molecule has 0 atom stereocenters. The van der Waals surface area contributed by atoms with Crippen LogP contribution in [0.1, 0.15) is 42.0 Å². The van der Waals surface area contributed by atoms with E-state index in [1.54, 1.807) is 11.8 Å². The summed E-state index contributed by atoms with van der Waals surface area (Å²) in [6.07, 6.45) is 4.05. The van der Waals surface area contributed by atoms with Gasteiger partial charge in [0.05, 0.1) is 0 Å². The molecular formula is C23H25BClN2S. The van der Waals surface area contributed by atoms with E-state index in [0.717, 1.165) is 46.0 Å². The van der Waals surface area contributed by atoms with Gasteiger partial charge in [-0.15, -0.1) is 0 Å². The quantitative estimate of drug-likeness (QED) is 0.557. The Balaban J connectivity index is 1.85. The van der Waals surface area contributed by atoms with Crippen LogP contribution in [0.2, 0.25) is 5.02 Å². The molecule has 2 nitrogen and oxygen atoms in total. The first-order valence-electron chi connectivity index (χ1n) is 9.41. The van der Waals surface area contributed by atoms with Gasteiger partial charge in [-0.3, -0.25) is 0 Å². The Labute approximate surface area is 178 Å². The molecule has 28 heavy (non-hydrogen) atoms. The zero-order valence-electron chi connectivity index (χ0n) is 16.4. The molecule has 3 rings (SSSR count). The van der Waals surface area contributed by atoms with Crippen LogP contribution in [0, 0.1) is 0 Å². The van der Waals surface area contributed by atoms with Crippen molar-refractivity contribution in [3.05, 3.63) is 87.8 Å². The molecule has 2 N–H and O–H groups in total. The van der Waals surface area contributed by atoms with Gasteiger partial charge in [0.25, 0.3) is 0 Å². The molecule has 1 aliphatic rings. The SMILES string of the molecule is [B]=C(NC1(c2cc(Cl)cc(C(=C)S/C=C\C)c2)CC1)c1ccccc1CNC. The van der Waals surface area contributed by atoms with Gasteiger partial charge in [0, 0.05) is 0 Å². The fourth-order valence-electron chi connectivity index (χ4n) is 3.31. The van der Waals surface area contributed by atoms with Gasteiger partial charge in [0.1, 0.15) is 0 Å². The third-order valence-corrected chi connectivity index (χ3v) is 6.06. The van der Waals surface area contributed by atoms with Crippen LogP contribution in [0.4, 0.5) is 0 Å². The van der Waals surface area contributed by atoms with Crippen molar-refractivity contribution in [3.63, 3.8) is 0 Å². The Bertz CT molecular complexity index is 919. The first-order valence-corrected chi connectivity index (χ1v) is 10.7. The van der Waals surface area contributed by atoms with Gasteiger partial charge in [-0.25, -0.2) is 0 Å². The van der Waals surface area contributed by atoms with Crippen LogP contribution in [0.3, 0.4) is 0 Å². The molecule has 0 amide bonds. The van der Waals surface area contributed by atoms with E-state index in [9.17, 15) is 0 Å². The maximum absolute atomic E-state index is 6.51. The summed E-state index contributed by atoms with van der Waals surface area (Å²) in [5.41, 5.74) is 4.96. The number of nitrogens with one attached hydrogen (secondary N) is 2. The Kier molecular flexibility index (Phi) is 6.87. The van der Waals surface area contributed by atoms with Crippen molar-refractivity contribution in [3.8, 4) is 0 Å². The monoisotopic (exact) mass is 407 g/mol. The van der Waals surface area contributed by atoms with Gasteiger partial charge in [-0.2, -0.15) is 0 Å². The second kappa shape index (κ2) is 9.17. The van der Waals surface area contributed by atoms with E-state index in [1.165, 1.54) is 5.56 Å². The minimum atomic E-state index is -0.165. The van der Waals surface area contributed by atoms with Crippen LogP contribution < -0.4 is 10.6 Å². The van der Waals surface area contributed by atoms with Crippen molar-refractivity contribution >= 4 is 41.3 Å². The Morgan fingerprint density at radius 3 is 2.71 bits per heavy atom. The maximum atomic E-state index is 6.51. The van der Waals surface area contributed by atoms with Crippen LogP contribution in [0.15, 0.2) is 60.5 Å². The number of hydrogen-bond acceptors (Lipinski definition) is 3. The molecule has 0 bridgehead atoms. The number of allylic oxidation sites excluding steroid dienone is 1. The van der Waals surface area contributed by atoms with Gasteiger partial charge >= 0.3 is 179 Å². The molecule has 1 aliphatic carbocycles. The Hall–Kier alpha value is -1.75. The molecule has 1 fully saturated rings. The second-order valence-corrected chi connectivity index (χ2v) is 8.48. The van der Waals surface area contributed by atoms with E-state index in [1.807, 2.05) is 49.7 Å². The molecule has 2 aromatic carbocycles. The summed E-state index contributed by atoms with van der Waals surface area (Å²) in [6, 6.07) is 14.4. The standard InChI is InChI=1S/C23H25BClN2S/c1-4-11-28-16(2)18-12-19(14-20(25)13-18)23(9-10-23)27-22(24)21-8-6-5-7-17(21)15-26-3/h4-8,11-14,26-27H,2,9-10,15H2,1,3H3/b11-4-. The molecule has 5 heteroatoms. The molecule has 0 spiro atoms. The number of benzene rings is 2. The molecule has 1 saturated carbocycles. The predicted octanol–water partition coefficient (Wildman–Crippen LogP) is 5.22. The van der Waals surface area contributed by atoms with Crippen molar-refractivity contribution in [2.45, 2.75) is 31.8 Å². The van der Waals surface area contributed by atoms with Gasteiger partial charge in [0.2, 0.25) is 0 Å². The minimum absolute atomic E-state index is 0.165. The first kappa shape index (κ1) is 21.0. The van der Waals surface area contributed by atoms with Gasteiger partial charge in [-0.05, 0) is 0 Å².